The number of hydrogen-bond donors (Lipinski definition) is 1. The van der Waals surface area contributed by atoms with Crippen LogP contribution < -0.4 is 5.32 Å². The van der Waals surface area contributed by atoms with Crippen LogP contribution in [0, 0.1) is 5.82 Å². The Morgan fingerprint density at radius 2 is 1.85 bits per heavy atom. The molecule has 0 spiro atoms. The Morgan fingerprint density at radius 3 is 2.50 bits per heavy atom. The minimum absolute atomic E-state index is 0.0563. The molecular weight excluding hydrogens is 335 g/mol. The highest BCUT2D eigenvalue weighted by Gasteiger charge is 2.41. The maximum Gasteiger partial charge on any atom is 0.241 e. The average Bonchev–Trinajstić information content (AvgIpc) is 3.12. The van der Waals surface area contributed by atoms with Gasteiger partial charge in [-0.25, -0.2) is 4.39 Å². The molecule has 0 aliphatic carbocycles. The minimum Gasteiger partial charge on any atom is -0.358 e. The van der Waals surface area contributed by atoms with E-state index in [1.54, 1.807) is 25.2 Å². The van der Waals surface area contributed by atoms with Gasteiger partial charge in [0.25, 0.3) is 0 Å². The van der Waals surface area contributed by atoms with Crippen LogP contribution in [0.5, 0.6) is 0 Å². The van der Waals surface area contributed by atoms with Gasteiger partial charge in [0, 0.05) is 45.3 Å². The number of nitrogens with zero attached hydrogens (tertiary/aromatic N) is 3. The zero-order valence-electron chi connectivity index (χ0n) is 15.4. The summed E-state index contributed by atoms with van der Waals surface area (Å²) in [5.41, 5.74) is 0.324. The van der Waals surface area contributed by atoms with Gasteiger partial charge in [-0.3, -0.25) is 14.5 Å². The molecule has 2 saturated heterocycles. The first kappa shape index (κ1) is 18.8. The lowest BCUT2D eigenvalue weighted by atomic mass is 10.0. The molecule has 142 valence electrons. The van der Waals surface area contributed by atoms with E-state index in [1.165, 1.54) is 6.07 Å². The number of likely N-dealkylation sites (tertiary alicyclic amines) is 1. The van der Waals surface area contributed by atoms with Gasteiger partial charge in [-0.1, -0.05) is 18.2 Å². The quantitative estimate of drug-likeness (QED) is 0.863. The van der Waals surface area contributed by atoms with Gasteiger partial charge in [-0.2, -0.15) is 0 Å². The third-order valence-corrected chi connectivity index (χ3v) is 5.42. The van der Waals surface area contributed by atoms with Gasteiger partial charge in [0.2, 0.25) is 11.8 Å². The van der Waals surface area contributed by atoms with E-state index in [2.05, 4.69) is 10.2 Å². The van der Waals surface area contributed by atoms with E-state index >= 15 is 0 Å². The maximum atomic E-state index is 14.4. The molecule has 2 aliphatic heterocycles. The third-order valence-electron chi connectivity index (χ3n) is 5.42. The summed E-state index contributed by atoms with van der Waals surface area (Å²) in [5.74, 6) is -0.646. The fourth-order valence-corrected chi connectivity index (χ4v) is 3.90. The summed E-state index contributed by atoms with van der Waals surface area (Å²) in [6.07, 6.45) is 1.53. The van der Waals surface area contributed by atoms with E-state index in [9.17, 15) is 14.0 Å². The van der Waals surface area contributed by atoms with Gasteiger partial charge in [-0.05, 0) is 26.0 Å². The highest BCUT2D eigenvalue weighted by atomic mass is 19.1. The van der Waals surface area contributed by atoms with Crippen LogP contribution in [-0.2, 0) is 9.59 Å². The van der Waals surface area contributed by atoms with E-state index in [1.807, 2.05) is 16.8 Å². The maximum absolute atomic E-state index is 14.4. The molecule has 2 atom stereocenters. The first-order valence-electron chi connectivity index (χ1n) is 9.22. The van der Waals surface area contributed by atoms with Gasteiger partial charge in [0.15, 0.2) is 0 Å². The van der Waals surface area contributed by atoms with Gasteiger partial charge in [-0.15, -0.1) is 0 Å². The number of likely N-dealkylation sites (N-methyl/N-ethyl adjacent to an activating group) is 2. The summed E-state index contributed by atoms with van der Waals surface area (Å²) in [4.78, 5) is 31.6. The van der Waals surface area contributed by atoms with E-state index in [4.69, 9.17) is 0 Å². The monoisotopic (exact) mass is 362 g/mol. The van der Waals surface area contributed by atoms with Crippen molar-refractivity contribution in [2.45, 2.75) is 24.9 Å². The molecule has 2 heterocycles. The van der Waals surface area contributed by atoms with Crippen molar-refractivity contribution < 1.29 is 14.0 Å². The molecule has 1 N–H and O–H groups in total. The first-order chi connectivity index (χ1) is 12.5. The van der Waals surface area contributed by atoms with Crippen LogP contribution in [0.15, 0.2) is 24.3 Å². The van der Waals surface area contributed by atoms with Crippen molar-refractivity contribution in [2.24, 2.45) is 0 Å². The summed E-state index contributed by atoms with van der Waals surface area (Å²) in [7, 11) is 3.59. The topological polar surface area (TPSA) is 55.9 Å². The highest BCUT2D eigenvalue weighted by Crippen LogP contribution is 2.32. The first-order valence-corrected chi connectivity index (χ1v) is 9.22. The number of piperazine rings is 1. The average molecular weight is 362 g/mol. The van der Waals surface area contributed by atoms with E-state index < -0.39 is 11.9 Å². The van der Waals surface area contributed by atoms with Crippen LogP contribution in [0.1, 0.15) is 24.4 Å². The fourth-order valence-electron chi connectivity index (χ4n) is 3.90. The number of halogens is 1. The van der Waals surface area contributed by atoms with Crippen LogP contribution in [-0.4, -0.2) is 79.4 Å². The predicted octanol–water partition coefficient (Wildman–Crippen LogP) is 0.851. The lowest BCUT2D eigenvalue weighted by Crippen LogP contribution is -2.54. The molecule has 2 amide bonds. The molecule has 26 heavy (non-hydrogen) atoms. The lowest BCUT2D eigenvalue weighted by molar-refractivity contribution is -0.140. The normalized spacial score (nSPS) is 23.0. The molecule has 3 rings (SSSR count). The van der Waals surface area contributed by atoms with Gasteiger partial charge >= 0.3 is 0 Å². The predicted molar refractivity (Wildman–Crippen MR) is 97.0 cm³/mol. The largest absolute Gasteiger partial charge is 0.358 e. The van der Waals surface area contributed by atoms with Crippen molar-refractivity contribution in [3.05, 3.63) is 35.6 Å². The second-order valence-corrected chi connectivity index (χ2v) is 7.06. The number of nitrogens with one attached hydrogen (secondary N) is 1. The molecule has 2 aliphatic rings. The second-order valence-electron chi connectivity index (χ2n) is 7.06. The third kappa shape index (κ3) is 3.73. The Hall–Kier alpha value is -1.99. The summed E-state index contributed by atoms with van der Waals surface area (Å²) in [6.45, 7) is 3.71. The summed E-state index contributed by atoms with van der Waals surface area (Å²) in [5, 5.41) is 2.63. The van der Waals surface area contributed by atoms with Crippen molar-refractivity contribution >= 4 is 11.8 Å². The number of hydrogen-bond acceptors (Lipinski definition) is 4. The number of carbonyl (C=O) groups is 2. The number of rotatable bonds is 4. The molecule has 0 radical (unpaired) electrons. The second kappa shape index (κ2) is 8.14. The van der Waals surface area contributed by atoms with Crippen LogP contribution in [0.3, 0.4) is 0 Å². The molecule has 0 bridgehead atoms. The summed E-state index contributed by atoms with van der Waals surface area (Å²) >= 11 is 0. The molecule has 1 aromatic carbocycles. The van der Waals surface area contributed by atoms with Gasteiger partial charge in [0.1, 0.15) is 11.9 Å². The van der Waals surface area contributed by atoms with Crippen LogP contribution >= 0.6 is 0 Å². The Balaban J connectivity index is 1.85. The lowest BCUT2D eigenvalue weighted by Gasteiger charge is -2.37. The zero-order chi connectivity index (χ0) is 18.7. The zero-order valence-corrected chi connectivity index (χ0v) is 15.4. The summed E-state index contributed by atoms with van der Waals surface area (Å²) < 4.78 is 14.4. The molecular formula is C19H27FN4O2. The number of benzene rings is 1. The van der Waals surface area contributed by atoms with Crippen LogP contribution in [0.2, 0.25) is 0 Å². The van der Waals surface area contributed by atoms with Crippen LogP contribution in [0.4, 0.5) is 4.39 Å². The van der Waals surface area contributed by atoms with Gasteiger partial charge < -0.3 is 15.1 Å². The van der Waals surface area contributed by atoms with E-state index in [0.29, 0.717) is 31.6 Å². The minimum atomic E-state index is -0.787. The Bertz CT molecular complexity index is 661. The number of amides is 2. The molecule has 2 fully saturated rings. The molecule has 7 heteroatoms. The molecule has 6 nitrogen and oxygen atoms in total. The van der Waals surface area contributed by atoms with Crippen molar-refractivity contribution in [3.8, 4) is 0 Å². The molecule has 1 aromatic rings. The fraction of sp³-hybridized carbons (Fsp3) is 0.579. The van der Waals surface area contributed by atoms with Crippen molar-refractivity contribution in [3.63, 3.8) is 0 Å². The smallest absolute Gasteiger partial charge is 0.241 e. The van der Waals surface area contributed by atoms with Crippen molar-refractivity contribution in [1.82, 2.24) is 20.0 Å². The van der Waals surface area contributed by atoms with Crippen molar-refractivity contribution in [2.75, 3.05) is 46.8 Å². The highest BCUT2D eigenvalue weighted by molar-refractivity contribution is 5.86. The van der Waals surface area contributed by atoms with E-state index in [0.717, 1.165) is 19.5 Å². The Labute approximate surface area is 153 Å². The Morgan fingerprint density at radius 1 is 1.15 bits per heavy atom. The van der Waals surface area contributed by atoms with Gasteiger partial charge in [0.05, 0.1) is 6.04 Å². The molecule has 0 aromatic heterocycles. The standard InChI is InChI=1S/C19H27FN4O2/c1-21-18(25)17(14-6-3-4-7-15(14)20)24-9-5-8-16(24)19(26)23-12-10-22(2)11-13-23/h3-4,6-7,16-17H,5,8-13H2,1-2H3,(H,21,25)/t16-,17+/m0/s1. The van der Waals surface area contributed by atoms with Crippen LogP contribution in [0.25, 0.3) is 0 Å². The summed E-state index contributed by atoms with van der Waals surface area (Å²) in [6, 6.07) is 5.16. The molecule has 0 unspecified atom stereocenters. The molecule has 0 saturated carbocycles. The van der Waals surface area contributed by atoms with Crippen molar-refractivity contribution in [1.29, 1.82) is 0 Å². The van der Waals surface area contributed by atoms with E-state index in [-0.39, 0.29) is 17.9 Å². The Kier molecular flexibility index (Phi) is 5.88. The SMILES string of the molecule is CNC(=O)[C@@H](c1ccccc1F)N1CCC[C@H]1C(=O)N1CCN(C)CC1. The number of carbonyl (C=O) groups excluding carboxylic acids is 2.